The maximum absolute atomic E-state index is 12.8. The lowest BCUT2D eigenvalue weighted by atomic mass is 10.1. The molecule has 0 spiro atoms. The molecule has 0 unspecified atom stereocenters. The summed E-state index contributed by atoms with van der Waals surface area (Å²) in [6, 6.07) is 6.11. The largest absolute Gasteiger partial charge is 0.459 e. The molecule has 25 heavy (non-hydrogen) atoms. The van der Waals surface area contributed by atoms with E-state index in [1.165, 1.54) is 24.5 Å². The number of amides is 1. The van der Waals surface area contributed by atoms with Gasteiger partial charge in [0.2, 0.25) is 5.13 Å². The molecule has 1 aromatic carbocycles. The molecule has 10 heteroatoms. The topological polar surface area (TPSA) is 68.0 Å². The smallest absolute Gasteiger partial charge is 0.416 e. The molecule has 0 bridgehead atoms. The van der Waals surface area contributed by atoms with E-state index < -0.39 is 17.6 Å². The molecule has 3 rings (SSSR count). The quantitative estimate of drug-likeness (QED) is 0.652. The van der Waals surface area contributed by atoms with Crippen molar-refractivity contribution in [2.75, 3.05) is 5.32 Å². The maximum atomic E-state index is 12.8. The standard InChI is InChI=1S/C15H9ClF3N3O2S/c16-6-12-20-14(25-22-12)21-13(23)11-5-9(7-24-11)8-2-1-3-10(4-8)15(17,18)19/h1-5,7H,6H2,(H,20,21,22,23). The summed E-state index contributed by atoms with van der Waals surface area (Å²) in [7, 11) is 0. The van der Waals surface area contributed by atoms with Gasteiger partial charge in [0.05, 0.1) is 17.7 Å². The van der Waals surface area contributed by atoms with Crippen molar-refractivity contribution in [2.45, 2.75) is 12.1 Å². The van der Waals surface area contributed by atoms with Gasteiger partial charge in [0.1, 0.15) is 0 Å². The highest BCUT2D eigenvalue weighted by Gasteiger charge is 2.30. The summed E-state index contributed by atoms with van der Waals surface area (Å²) in [6.07, 6.45) is -3.23. The number of furan rings is 1. The second-order valence-corrected chi connectivity index (χ2v) is 5.90. The van der Waals surface area contributed by atoms with E-state index in [9.17, 15) is 18.0 Å². The van der Waals surface area contributed by atoms with Crippen LogP contribution in [0.15, 0.2) is 41.0 Å². The zero-order valence-corrected chi connectivity index (χ0v) is 13.9. The molecule has 0 atom stereocenters. The first-order chi connectivity index (χ1) is 11.9. The van der Waals surface area contributed by atoms with Crippen molar-refractivity contribution in [2.24, 2.45) is 0 Å². The van der Waals surface area contributed by atoms with Crippen LogP contribution in [-0.4, -0.2) is 15.3 Å². The molecule has 3 aromatic rings. The lowest BCUT2D eigenvalue weighted by molar-refractivity contribution is -0.137. The van der Waals surface area contributed by atoms with Crippen LogP contribution in [0.1, 0.15) is 21.9 Å². The molecule has 0 aliphatic rings. The van der Waals surface area contributed by atoms with Gasteiger partial charge in [-0.1, -0.05) is 12.1 Å². The first-order valence-corrected chi connectivity index (χ1v) is 8.13. The number of alkyl halides is 4. The number of hydrogen-bond donors (Lipinski definition) is 1. The summed E-state index contributed by atoms with van der Waals surface area (Å²) in [5.41, 5.74) is -0.132. The van der Waals surface area contributed by atoms with Gasteiger partial charge >= 0.3 is 6.18 Å². The first kappa shape index (κ1) is 17.4. The minimum Gasteiger partial charge on any atom is -0.459 e. The Hall–Kier alpha value is -2.39. The van der Waals surface area contributed by atoms with Gasteiger partial charge in [-0.3, -0.25) is 10.1 Å². The molecule has 5 nitrogen and oxygen atoms in total. The van der Waals surface area contributed by atoms with Crippen molar-refractivity contribution in [1.29, 1.82) is 0 Å². The number of nitrogens with zero attached hydrogens (tertiary/aromatic N) is 2. The lowest BCUT2D eigenvalue weighted by Gasteiger charge is -2.07. The number of carbonyl (C=O) groups excluding carboxylic acids is 1. The predicted octanol–water partition coefficient (Wildman–Crippen LogP) is 4.81. The molecule has 0 saturated heterocycles. The molecule has 1 amide bonds. The Bertz CT molecular complexity index is 907. The van der Waals surface area contributed by atoms with E-state index in [4.69, 9.17) is 16.0 Å². The fourth-order valence-corrected chi connectivity index (χ4v) is 2.77. The third-order valence-corrected chi connectivity index (χ3v) is 4.06. The van der Waals surface area contributed by atoms with Gasteiger partial charge in [0.25, 0.3) is 5.91 Å². The lowest BCUT2D eigenvalue weighted by Crippen LogP contribution is -2.10. The summed E-state index contributed by atoms with van der Waals surface area (Å²) in [4.78, 5) is 16.1. The predicted molar refractivity (Wildman–Crippen MR) is 86.6 cm³/mol. The SMILES string of the molecule is O=C(Nc1nc(CCl)ns1)c1cc(-c2cccc(C(F)(F)F)c2)co1. The van der Waals surface area contributed by atoms with Crippen LogP contribution in [0.5, 0.6) is 0 Å². The summed E-state index contributed by atoms with van der Waals surface area (Å²) in [6.45, 7) is 0. The van der Waals surface area contributed by atoms with Crippen LogP contribution >= 0.6 is 23.1 Å². The van der Waals surface area contributed by atoms with Crippen LogP contribution in [0.2, 0.25) is 0 Å². The minimum atomic E-state index is -4.45. The average Bonchev–Trinajstić information content (AvgIpc) is 3.23. The van der Waals surface area contributed by atoms with Gasteiger partial charge in [-0.05, 0) is 23.8 Å². The van der Waals surface area contributed by atoms with Crippen molar-refractivity contribution >= 4 is 34.2 Å². The third-order valence-electron chi connectivity index (χ3n) is 3.15. The summed E-state index contributed by atoms with van der Waals surface area (Å²) in [5, 5.41) is 2.73. The molecule has 0 fully saturated rings. The van der Waals surface area contributed by atoms with Crippen LogP contribution in [0, 0.1) is 0 Å². The Balaban J connectivity index is 1.79. The Morgan fingerprint density at radius 2 is 2.08 bits per heavy atom. The minimum absolute atomic E-state index is 0.0602. The Morgan fingerprint density at radius 1 is 1.28 bits per heavy atom. The van der Waals surface area contributed by atoms with Crippen molar-refractivity contribution in [3.63, 3.8) is 0 Å². The van der Waals surface area contributed by atoms with Gasteiger partial charge in [-0.2, -0.15) is 17.5 Å². The normalized spacial score (nSPS) is 11.5. The van der Waals surface area contributed by atoms with Crippen LogP contribution in [-0.2, 0) is 12.1 Å². The number of hydrogen-bond acceptors (Lipinski definition) is 5. The Kier molecular flexibility index (Phi) is 4.78. The number of nitrogens with one attached hydrogen (secondary N) is 1. The zero-order valence-electron chi connectivity index (χ0n) is 12.3. The van der Waals surface area contributed by atoms with Crippen LogP contribution in [0.4, 0.5) is 18.3 Å². The highest BCUT2D eigenvalue weighted by molar-refractivity contribution is 7.09. The van der Waals surface area contributed by atoms with Gasteiger partial charge in [0, 0.05) is 17.1 Å². The maximum Gasteiger partial charge on any atom is 0.416 e. The summed E-state index contributed by atoms with van der Waals surface area (Å²) >= 11 is 6.54. The fraction of sp³-hybridized carbons (Fsp3) is 0.133. The second kappa shape index (κ2) is 6.85. The third kappa shape index (κ3) is 3.99. The first-order valence-electron chi connectivity index (χ1n) is 6.83. The number of aromatic nitrogens is 2. The number of carbonyl (C=O) groups is 1. The Labute approximate surface area is 148 Å². The molecular formula is C15H9ClF3N3O2S. The van der Waals surface area contributed by atoms with Crippen LogP contribution in [0.3, 0.4) is 0 Å². The van der Waals surface area contributed by atoms with Crippen molar-refractivity contribution < 1.29 is 22.4 Å². The molecule has 130 valence electrons. The fourth-order valence-electron chi connectivity index (χ4n) is 2.00. The highest BCUT2D eigenvalue weighted by atomic mass is 35.5. The molecule has 0 aliphatic heterocycles. The molecular weight excluding hydrogens is 379 g/mol. The van der Waals surface area contributed by atoms with Crippen molar-refractivity contribution in [1.82, 2.24) is 9.36 Å². The Morgan fingerprint density at radius 3 is 2.76 bits per heavy atom. The molecule has 2 heterocycles. The number of benzene rings is 1. The molecule has 2 aromatic heterocycles. The number of halogens is 4. The molecule has 0 saturated carbocycles. The van der Waals surface area contributed by atoms with Gasteiger partial charge < -0.3 is 4.42 Å². The summed E-state index contributed by atoms with van der Waals surface area (Å²) < 4.78 is 47.4. The van der Waals surface area contributed by atoms with Gasteiger partial charge in [0.15, 0.2) is 11.6 Å². The van der Waals surface area contributed by atoms with E-state index in [1.807, 2.05) is 0 Å². The van der Waals surface area contributed by atoms with E-state index in [0.717, 1.165) is 23.7 Å². The monoisotopic (exact) mass is 387 g/mol. The number of anilines is 1. The van der Waals surface area contributed by atoms with E-state index in [2.05, 4.69) is 14.7 Å². The van der Waals surface area contributed by atoms with E-state index in [-0.39, 0.29) is 22.3 Å². The average molecular weight is 388 g/mol. The highest BCUT2D eigenvalue weighted by Crippen LogP contribution is 2.32. The van der Waals surface area contributed by atoms with E-state index >= 15 is 0 Å². The molecule has 0 aliphatic carbocycles. The zero-order chi connectivity index (χ0) is 18.0. The molecule has 1 N–H and O–H groups in total. The van der Waals surface area contributed by atoms with E-state index in [0.29, 0.717) is 11.4 Å². The van der Waals surface area contributed by atoms with E-state index in [1.54, 1.807) is 0 Å². The van der Waals surface area contributed by atoms with Crippen LogP contribution < -0.4 is 5.32 Å². The second-order valence-electron chi connectivity index (χ2n) is 4.88. The molecule has 0 radical (unpaired) electrons. The van der Waals surface area contributed by atoms with Crippen molar-refractivity contribution in [3.8, 4) is 11.1 Å². The number of rotatable bonds is 4. The van der Waals surface area contributed by atoms with Gasteiger partial charge in [-0.25, -0.2) is 4.98 Å². The van der Waals surface area contributed by atoms with Crippen molar-refractivity contribution in [3.05, 3.63) is 53.7 Å². The van der Waals surface area contributed by atoms with Crippen LogP contribution in [0.25, 0.3) is 11.1 Å². The van der Waals surface area contributed by atoms with Gasteiger partial charge in [-0.15, -0.1) is 11.6 Å². The summed E-state index contributed by atoms with van der Waals surface area (Å²) in [5.74, 6) is -0.149.